The van der Waals surface area contributed by atoms with Gasteiger partial charge in [-0.25, -0.2) is 9.37 Å². The highest BCUT2D eigenvalue weighted by Crippen LogP contribution is 2.32. The number of hydrogen-bond acceptors (Lipinski definition) is 7. The number of thiophene rings is 1. The second-order valence-corrected chi connectivity index (χ2v) is 9.22. The molecule has 7 nitrogen and oxygen atoms in total. The third-order valence-corrected chi connectivity index (χ3v) is 6.88. The summed E-state index contributed by atoms with van der Waals surface area (Å²) in [7, 11) is 0. The van der Waals surface area contributed by atoms with E-state index in [4.69, 9.17) is 4.52 Å². The zero-order chi connectivity index (χ0) is 23.3. The van der Waals surface area contributed by atoms with Gasteiger partial charge in [0.15, 0.2) is 0 Å². The van der Waals surface area contributed by atoms with E-state index in [-0.39, 0.29) is 17.6 Å². The van der Waals surface area contributed by atoms with E-state index < -0.39 is 0 Å². The van der Waals surface area contributed by atoms with E-state index in [1.807, 2.05) is 18.2 Å². The summed E-state index contributed by atoms with van der Waals surface area (Å²) < 4.78 is 19.1. The van der Waals surface area contributed by atoms with Gasteiger partial charge in [-0.1, -0.05) is 23.4 Å². The number of amides is 1. The van der Waals surface area contributed by atoms with Crippen LogP contribution in [0.3, 0.4) is 0 Å². The van der Waals surface area contributed by atoms with Crippen molar-refractivity contribution in [2.75, 3.05) is 24.5 Å². The van der Waals surface area contributed by atoms with Crippen molar-refractivity contribution >= 4 is 23.1 Å². The molecule has 0 bridgehead atoms. The zero-order valence-corrected chi connectivity index (χ0v) is 19.3. The van der Waals surface area contributed by atoms with Gasteiger partial charge in [-0.2, -0.15) is 4.98 Å². The van der Waals surface area contributed by atoms with Crippen LogP contribution in [0.4, 0.5) is 10.2 Å². The van der Waals surface area contributed by atoms with Gasteiger partial charge >= 0.3 is 0 Å². The number of piperidine rings is 1. The molecule has 4 aromatic rings. The van der Waals surface area contributed by atoms with Crippen molar-refractivity contribution in [1.82, 2.24) is 20.4 Å². The number of rotatable bonds is 7. The highest BCUT2D eigenvalue weighted by Gasteiger charge is 2.27. The maximum Gasteiger partial charge on any atom is 0.261 e. The Bertz CT molecular complexity index is 1250. The van der Waals surface area contributed by atoms with Crippen LogP contribution < -0.4 is 10.2 Å². The molecule has 0 radical (unpaired) electrons. The van der Waals surface area contributed by atoms with Crippen molar-refractivity contribution < 1.29 is 13.7 Å². The van der Waals surface area contributed by atoms with E-state index >= 15 is 0 Å². The fourth-order valence-corrected chi connectivity index (χ4v) is 4.86. The van der Waals surface area contributed by atoms with Crippen molar-refractivity contribution in [2.45, 2.75) is 19.3 Å². The fourth-order valence-electron chi connectivity index (χ4n) is 4.16. The van der Waals surface area contributed by atoms with Crippen LogP contribution in [-0.4, -0.2) is 40.7 Å². The molecule has 3 aromatic heterocycles. The van der Waals surface area contributed by atoms with Gasteiger partial charge in [0.2, 0.25) is 11.7 Å². The number of halogens is 1. The molecule has 5 rings (SSSR count). The van der Waals surface area contributed by atoms with Gasteiger partial charge in [-0.15, -0.1) is 11.3 Å². The summed E-state index contributed by atoms with van der Waals surface area (Å²) in [5, 5.41) is 9.15. The topological polar surface area (TPSA) is 84.2 Å². The van der Waals surface area contributed by atoms with Crippen LogP contribution in [0.1, 0.15) is 17.7 Å². The summed E-state index contributed by atoms with van der Waals surface area (Å²) in [6.45, 7) is 2.07. The van der Waals surface area contributed by atoms with Gasteiger partial charge in [0.05, 0.1) is 5.56 Å². The van der Waals surface area contributed by atoms with Crippen LogP contribution in [-0.2, 0) is 11.2 Å². The first-order valence-electron chi connectivity index (χ1n) is 11.3. The lowest BCUT2D eigenvalue weighted by molar-refractivity contribution is -0.125. The largest absolute Gasteiger partial charge is 0.356 e. The van der Waals surface area contributed by atoms with Crippen molar-refractivity contribution in [3.63, 3.8) is 0 Å². The first-order valence-corrected chi connectivity index (χ1v) is 12.2. The number of benzene rings is 1. The average molecular weight is 478 g/mol. The molecule has 0 aliphatic carbocycles. The minimum Gasteiger partial charge on any atom is -0.356 e. The van der Waals surface area contributed by atoms with Crippen molar-refractivity contribution in [1.29, 1.82) is 0 Å². The summed E-state index contributed by atoms with van der Waals surface area (Å²) in [6.07, 6.45) is 4.09. The number of nitrogens with one attached hydrogen (secondary N) is 1. The van der Waals surface area contributed by atoms with Gasteiger partial charge in [-0.3, -0.25) is 4.79 Å². The van der Waals surface area contributed by atoms with Crippen LogP contribution >= 0.6 is 11.3 Å². The summed E-state index contributed by atoms with van der Waals surface area (Å²) in [5.74, 6) is 1.15. The van der Waals surface area contributed by atoms with Gasteiger partial charge < -0.3 is 14.7 Å². The number of carbonyl (C=O) groups is 1. The minimum atomic E-state index is -0.357. The molecule has 9 heteroatoms. The molecule has 1 saturated heterocycles. The number of aromatic nitrogens is 3. The van der Waals surface area contributed by atoms with Crippen LogP contribution in [0.25, 0.3) is 22.8 Å². The second kappa shape index (κ2) is 10.1. The lowest BCUT2D eigenvalue weighted by atomic mass is 9.95. The van der Waals surface area contributed by atoms with Gasteiger partial charge in [-0.05, 0) is 55.0 Å². The highest BCUT2D eigenvalue weighted by atomic mass is 32.1. The first-order chi connectivity index (χ1) is 16.7. The van der Waals surface area contributed by atoms with Crippen LogP contribution in [0.15, 0.2) is 64.6 Å². The molecule has 1 aliphatic heterocycles. The molecular weight excluding hydrogens is 453 g/mol. The maximum atomic E-state index is 13.6. The molecule has 0 unspecified atom stereocenters. The number of pyridine rings is 1. The number of nitrogens with zero attached hydrogens (tertiary/aromatic N) is 4. The first kappa shape index (κ1) is 22.2. The van der Waals surface area contributed by atoms with E-state index in [1.54, 1.807) is 29.7 Å². The number of anilines is 1. The van der Waals surface area contributed by atoms with E-state index in [2.05, 4.69) is 36.8 Å². The number of hydrogen-bond donors (Lipinski definition) is 1. The number of carbonyl (C=O) groups excluding carboxylic acids is 1. The molecule has 1 amide bonds. The molecule has 0 atom stereocenters. The third-order valence-electron chi connectivity index (χ3n) is 5.94. The van der Waals surface area contributed by atoms with Crippen molar-refractivity contribution in [2.24, 2.45) is 5.92 Å². The maximum absolute atomic E-state index is 13.6. The summed E-state index contributed by atoms with van der Waals surface area (Å²) in [6, 6.07) is 13.9. The molecule has 0 spiro atoms. The third kappa shape index (κ3) is 4.99. The molecule has 34 heavy (non-hydrogen) atoms. The second-order valence-electron chi connectivity index (χ2n) is 8.19. The Morgan fingerprint density at radius 2 is 2.06 bits per heavy atom. The monoisotopic (exact) mass is 477 g/mol. The smallest absolute Gasteiger partial charge is 0.261 e. The average Bonchev–Trinajstić information content (AvgIpc) is 3.57. The van der Waals surface area contributed by atoms with Gasteiger partial charge in [0, 0.05) is 42.2 Å². The Hall–Kier alpha value is -3.59. The van der Waals surface area contributed by atoms with E-state index in [0.29, 0.717) is 36.9 Å². The molecule has 1 fully saturated rings. The normalized spacial score (nSPS) is 14.3. The van der Waals surface area contributed by atoms with Gasteiger partial charge in [0.1, 0.15) is 11.6 Å². The van der Waals surface area contributed by atoms with E-state index in [0.717, 1.165) is 30.6 Å². The van der Waals surface area contributed by atoms with Crippen LogP contribution in [0, 0.1) is 11.7 Å². The zero-order valence-electron chi connectivity index (χ0n) is 18.5. The Balaban J connectivity index is 1.23. The lowest BCUT2D eigenvalue weighted by Crippen LogP contribution is -2.41. The molecule has 4 heterocycles. The standard InChI is InChI=1S/C25H24FN5O2S/c26-19-5-1-4-18(16-19)22-29-25(33-30-22)21-7-2-11-27-23(21)31-13-9-17(10-14-31)24(32)28-12-8-20-6-3-15-34-20/h1-7,11,15-17H,8-10,12-14H2,(H,28,32). The van der Waals surface area contributed by atoms with Crippen LogP contribution in [0.5, 0.6) is 0 Å². The highest BCUT2D eigenvalue weighted by molar-refractivity contribution is 7.09. The molecule has 1 N–H and O–H groups in total. The summed E-state index contributed by atoms with van der Waals surface area (Å²) in [4.78, 5) is 25.1. The predicted octanol–water partition coefficient (Wildman–Crippen LogP) is 4.57. The Morgan fingerprint density at radius 3 is 2.85 bits per heavy atom. The van der Waals surface area contributed by atoms with E-state index in [9.17, 15) is 9.18 Å². The Labute approximate surface area is 200 Å². The Morgan fingerprint density at radius 1 is 1.18 bits per heavy atom. The molecule has 0 saturated carbocycles. The summed E-state index contributed by atoms with van der Waals surface area (Å²) in [5.41, 5.74) is 1.27. The van der Waals surface area contributed by atoms with E-state index in [1.165, 1.54) is 17.0 Å². The fraction of sp³-hybridized carbons (Fsp3) is 0.280. The predicted molar refractivity (Wildman–Crippen MR) is 129 cm³/mol. The van der Waals surface area contributed by atoms with Crippen LogP contribution in [0.2, 0.25) is 0 Å². The molecule has 174 valence electrons. The van der Waals surface area contributed by atoms with Crippen molar-refractivity contribution in [3.05, 3.63) is 70.8 Å². The molecule has 1 aliphatic rings. The van der Waals surface area contributed by atoms with Crippen molar-refractivity contribution in [3.8, 4) is 22.8 Å². The quantitative estimate of drug-likeness (QED) is 0.420. The molecule has 1 aromatic carbocycles. The minimum absolute atomic E-state index is 0.00488. The van der Waals surface area contributed by atoms with Gasteiger partial charge in [0.25, 0.3) is 5.89 Å². The Kier molecular flexibility index (Phi) is 6.62. The SMILES string of the molecule is O=C(NCCc1cccs1)C1CCN(c2ncccc2-c2nc(-c3cccc(F)c3)no2)CC1. The summed E-state index contributed by atoms with van der Waals surface area (Å²) >= 11 is 1.71. The molecular formula is C25H24FN5O2S. The lowest BCUT2D eigenvalue weighted by Gasteiger charge is -2.32.